The number of hydrogen-bond acceptors (Lipinski definition) is 2. The van der Waals surface area contributed by atoms with Crippen LogP contribution in [0.5, 0.6) is 0 Å². The van der Waals surface area contributed by atoms with Crippen molar-refractivity contribution >= 4 is 17.3 Å². The maximum Gasteiger partial charge on any atom is 0.0471 e. The van der Waals surface area contributed by atoms with E-state index in [1.54, 1.807) is 0 Å². The summed E-state index contributed by atoms with van der Waals surface area (Å²) in [5, 5.41) is 4.30. The van der Waals surface area contributed by atoms with Crippen LogP contribution in [0.4, 0.5) is 5.69 Å². The van der Waals surface area contributed by atoms with Gasteiger partial charge in [-0.1, -0.05) is 37.9 Å². The van der Waals surface area contributed by atoms with Gasteiger partial charge in [-0.05, 0) is 49.4 Å². The van der Waals surface area contributed by atoms with Crippen molar-refractivity contribution in [3.63, 3.8) is 0 Å². The summed E-state index contributed by atoms with van der Waals surface area (Å²) in [6.45, 7) is 8.73. The highest BCUT2D eigenvalue weighted by Crippen LogP contribution is 2.28. The fraction of sp³-hybridized carbons (Fsp3) is 0.647. The molecular formula is C17H27ClN2. The number of rotatable bonds is 6. The van der Waals surface area contributed by atoms with Crippen LogP contribution in [0.25, 0.3) is 0 Å². The summed E-state index contributed by atoms with van der Waals surface area (Å²) in [6, 6.07) is 6.53. The average molecular weight is 295 g/mol. The SMILES string of the molecule is CCCNCc1ccc(N2CCC(CC)CC2)cc1Cl. The summed E-state index contributed by atoms with van der Waals surface area (Å²) in [4.78, 5) is 2.47. The Kier molecular flexibility index (Phi) is 6.18. The standard InChI is InChI=1S/C17H27ClN2/c1-3-9-19-13-15-5-6-16(12-17(15)18)20-10-7-14(4-2)8-11-20/h5-6,12,14,19H,3-4,7-11,13H2,1-2H3. The Morgan fingerprint density at radius 2 is 2.00 bits per heavy atom. The summed E-state index contributed by atoms with van der Waals surface area (Å²) in [5.41, 5.74) is 2.48. The van der Waals surface area contributed by atoms with Crippen LogP contribution in [0, 0.1) is 5.92 Å². The molecular weight excluding hydrogens is 268 g/mol. The second-order valence-electron chi connectivity index (χ2n) is 5.79. The average Bonchev–Trinajstić information content (AvgIpc) is 2.49. The summed E-state index contributed by atoms with van der Waals surface area (Å²) in [5.74, 6) is 0.916. The molecule has 1 fully saturated rings. The first-order chi connectivity index (χ1) is 9.74. The van der Waals surface area contributed by atoms with Crippen LogP contribution in [-0.2, 0) is 6.54 Å². The van der Waals surface area contributed by atoms with Gasteiger partial charge in [-0.15, -0.1) is 0 Å². The van der Waals surface area contributed by atoms with Crippen molar-refractivity contribution in [1.29, 1.82) is 0 Å². The molecule has 1 aromatic rings. The minimum Gasteiger partial charge on any atom is -0.371 e. The van der Waals surface area contributed by atoms with Crippen LogP contribution in [0.15, 0.2) is 18.2 Å². The molecule has 0 amide bonds. The Morgan fingerprint density at radius 3 is 2.60 bits per heavy atom. The predicted octanol–water partition coefficient (Wildman–Crippen LogP) is 4.47. The number of halogens is 1. The van der Waals surface area contributed by atoms with Gasteiger partial charge in [0.15, 0.2) is 0 Å². The molecule has 2 nitrogen and oxygen atoms in total. The van der Waals surface area contributed by atoms with E-state index in [1.165, 1.54) is 43.6 Å². The quantitative estimate of drug-likeness (QED) is 0.779. The third kappa shape index (κ3) is 4.13. The summed E-state index contributed by atoms with van der Waals surface area (Å²) < 4.78 is 0. The molecule has 0 spiro atoms. The van der Waals surface area contributed by atoms with Gasteiger partial charge in [0.25, 0.3) is 0 Å². The molecule has 0 atom stereocenters. The van der Waals surface area contributed by atoms with Crippen molar-refractivity contribution in [2.45, 2.75) is 46.1 Å². The van der Waals surface area contributed by atoms with Gasteiger partial charge in [0, 0.05) is 30.3 Å². The Balaban J connectivity index is 1.95. The van der Waals surface area contributed by atoms with Crippen molar-refractivity contribution in [2.75, 3.05) is 24.5 Å². The molecule has 1 aromatic carbocycles. The maximum atomic E-state index is 6.42. The Labute approximate surface area is 128 Å². The molecule has 1 saturated heterocycles. The largest absolute Gasteiger partial charge is 0.371 e. The summed E-state index contributed by atoms with van der Waals surface area (Å²) in [7, 11) is 0. The van der Waals surface area contributed by atoms with Crippen LogP contribution in [0.2, 0.25) is 5.02 Å². The first-order valence-electron chi connectivity index (χ1n) is 7.98. The van der Waals surface area contributed by atoms with E-state index in [-0.39, 0.29) is 0 Å². The van der Waals surface area contributed by atoms with Gasteiger partial charge < -0.3 is 10.2 Å². The van der Waals surface area contributed by atoms with E-state index in [1.807, 2.05) is 0 Å². The molecule has 1 heterocycles. The van der Waals surface area contributed by atoms with E-state index in [4.69, 9.17) is 11.6 Å². The normalized spacial score (nSPS) is 16.6. The lowest BCUT2D eigenvalue weighted by Crippen LogP contribution is -2.33. The first-order valence-corrected chi connectivity index (χ1v) is 8.36. The van der Waals surface area contributed by atoms with Crippen LogP contribution >= 0.6 is 11.6 Å². The molecule has 1 aliphatic rings. The van der Waals surface area contributed by atoms with Crippen LogP contribution in [-0.4, -0.2) is 19.6 Å². The lowest BCUT2D eigenvalue weighted by atomic mass is 9.94. The van der Waals surface area contributed by atoms with Crippen molar-refractivity contribution in [3.05, 3.63) is 28.8 Å². The fourth-order valence-electron chi connectivity index (χ4n) is 2.88. The van der Waals surface area contributed by atoms with Crippen molar-refractivity contribution in [1.82, 2.24) is 5.32 Å². The molecule has 2 rings (SSSR count). The number of nitrogens with one attached hydrogen (secondary N) is 1. The van der Waals surface area contributed by atoms with Gasteiger partial charge in [0.2, 0.25) is 0 Å². The smallest absolute Gasteiger partial charge is 0.0471 e. The zero-order valence-electron chi connectivity index (χ0n) is 12.8. The minimum atomic E-state index is 0.866. The van der Waals surface area contributed by atoms with Crippen molar-refractivity contribution in [3.8, 4) is 0 Å². The number of piperidine rings is 1. The molecule has 0 bridgehead atoms. The zero-order valence-corrected chi connectivity index (χ0v) is 13.5. The fourth-order valence-corrected chi connectivity index (χ4v) is 3.12. The molecule has 0 unspecified atom stereocenters. The highest BCUT2D eigenvalue weighted by molar-refractivity contribution is 6.31. The predicted molar refractivity (Wildman–Crippen MR) is 88.7 cm³/mol. The minimum absolute atomic E-state index is 0.866. The molecule has 20 heavy (non-hydrogen) atoms. The Morgan fingerprint density at radius 1 is 1.25 bits per heavy atom. The molecule has 0 saturated carbocycles. The van der Waals surface area contributed by atoms with E-state index in [2.05, 4.69) is 42.3 Å². The molecule has 3 heteroatoms. The molecule has 112 valence electrons. The van der Waals surface area contributed by atoms with E-state index in [0.717, 1.165) is 30.5 Å². The number of anilines is 1. The van der Waals surface area contributed by atoms with Crippen LogP contribution in [0.3, 0.4) is 0 Å². The molecule has 0 aromatic heterocycles. The molecule has 1 N–H and O–H groups in total. The third-order valence-corrected chi connectivity index (χ3v) is 4.69. The second kappa shape index (κ2) is 7.90. The van der Waals surface area contributed by atoms with Crippen LogP contribution < -0.4 is 10.2 Å². The van der Waals surface area contributed by atoms with Crippen molar-refractivity contribution in [2.24, 2.45) is 5.92 Å². The first kappa shape index (κ1) is 15.7. The van der Waals surface area contributed by atoms with Crippen LogP contribution in [0.1, 0.15) is 45.1 Å². The number of benzene rings is 1. The highest BCUT2D eigenvalue weighted by Gasteiger charge is 2.18. The van der Waals surface area contributed by atoms with Gasteiger partial charge >= 0.3 is 0 Å². The summed E-state index contributed by atoms with van der Waals surface area (Å²) >= 11 is 6.42. The van der Waals surface area contributed by atoms with E-state index in [9.17, 15) is 0 Å². The van der Waals surface area contributed by atoms with E-state index >= 15 is 0 Å². The van der Waals surface area contributed by atoms with E-state index in [0.29, 0.717) is 0 Å². The third-order valence-electron chi connectivity index (χ3n) is 4.34. The molecule has 1 aliphatic heterocycles. The number of hydrogen-bond donors (Lipinski definition) is 1. The van der Waals surface area contributed by atoms with Gasteiger partial charge in [-0.3, -0.25) is 0 Å². The monoisotopic (exact) mass is 294 g/mol. The van der Waals surface area contributed by atoms with Crippen molar-refractivity contribution < 1.29 is 0 Å². The van der Waals surface area contributed by atoms with Gasteiger partial charge in [-0.2, -0.15) is 0 Å². The van der Waals surface area contributed by atoms with Gasteiger partial charge in [0.1, 0.15) is 0 Å². The Bertz CT molecular complexity index is 411. The van der Waals surface area contributed by atoms with E-state index < -0.39 is 0 Å². The Hall–Kier alpha value is -0.730. The summed E-state index contributed by atoms with van der Waals surface area (Å²) in [6.07, 6.45) is 5.10. The lowest BCUT2D eigenvalue weighted by Gasteiger charge is -2.33. The zero-order chi connectivity index (χ0) is 14.4. The molecule has 0 aliphatic carbocycles. The number of nitrogens with zero attached hydrogens (tertiary/aromatic N) is 1. The topological polar surface area (TPSA) is 15.3 Å². The van der Waals surface area contributed by atoms with Gasteiger partial charge in [0.05, 0.1) is 0 Å². The lowest BCUT2D eigenvalue weighted by molar-refractivity contribution is 0.395. The molecule has 0 radical (unpaired) electrons. The highest BCUT2D eigenvalue weighted by atomic mass is 35.5. The van der Waals surface area contributed by atoms with Gasteiger partial charge in [-0.25, -0.2) is 0 Å². The second-order valence-corrected chi connectivity index (χ2v) is 6.20. The maximum absolute atomic E-state index is 6.42.